The Bertz CT molecular complexity index is 195. The van der Waals surface area contributed by atoms with Crippen LogP contribution in [0, 0.1) is 23.2 Å². The smallest absolute Gasteiger partial charge is 0.0666 e. The maximum atomic E-state index is 8.73. The van der Waals surface area contributed by atoms with Crippen molar-refractivity contribution in [1.82, 2.24) is 4.90 Å². The molecule has 0 radical (unpaired) electrons. The molecule has 1 fully saturated rings. The third kappa shape index (κ3) is 3.00. The molecule has 3 unspecified atom stereocenters. The molecule has 0 aromatic heterocycles. The van der Waals surface area contributed by atoms with Gasteiger partial charge in [-0.2, -0.15) is 5.26 Å². The minimum atomic E-state index is 0.177. The summed E-state index contributed by atoms with van der Waals surface area (Å²) in [6.45, 7) is 8.73. The zero-order chi connectivity index (χ0) is 9.84. The average molecular weight is 180 g/mol. The van der Waals surface area contributed by atoms with E-state index in [1.165, 1.54) is 19.4 Å². The van der Waals surface area contributed by atoms with Crippen LogP contribution in [0.5, 0.6) is 0 Å². The van der Waals surface area contributed by atoms with Crippen molar-refractivity contribution in [2.45, 2.75) is 39.7 Å². The van der Waals surface area contributed by atoms with Crippen LogP contribution < -0.4 is 0 Å². The predicted octanol–water partition coefficient (Wildman–Crippen LogP) is 2.27. The number of likely N-dealkylation sites (tertiary alicyclic amines) is 1. The van der Waals surface area contributed by atoms with Gasteiger partial charge in [0.25, 0.3) is 0 Å². The van der Waals surface area contributed by atoms with Gasteiger partial charge in [0.15, 0.2) is 0 Å². The van der Waals surface area contributed by atoms with E-state index in [1.54, 1.807) is 0 Å². The summed E-state index contributed by atoms with van der Waals surface area (Å²) in [5, 5.41) is 8.73. The van der Waals surface area contributed by atoms with Gasteiger partial charge in [-0.3, -0.25) is 4.90 Å². The van der Waals surface area contributed by atoms with Crippen LogP contribution in [-0.2, 0) is 0 Å². The van der Waals surface area contributed by atoms with Gasteiger partial charge in [0.05, 0.1) is 12.0 Å². The van der Waals surface area contributed by atoms with Gasteiger partial charge in [-0.15, -0.1) is 0 Å². The first-order valence-electron chi connectivity index (χ1n) is 5.27. The zero-order valence-corrected chi connectivity index (χ0v) is 8.95. The van der Waals surface area contributed by atoms with Gasteiger partial charge >= 0.3 is 0 Å². The van der Waals surface area contributed by atoms with Gasteiger partial charge in [-0.25, -0.2) is 0 Å². The van der Waals surface area contributed by atoms with E-state index < -0.39 is 0 Å². The summed E-state index contributed by atoms with van der Waals surface area (Å²) in [5.41, 5.74) is 0. The first-order chi connectivity index (χ1) is 6.13. The molecular formula is C11H20N2. The topological polar surface area (TPSA) is 27.0 Å². The fraction of sp³-hybridized carbons (Fsp3) is 0.909. The van der Waals surface area contributed by atoms with Crippen molar-refractivity contribution in [3.8, 4) is 6.07 Å². The van der Waals surface area contributed by atoms with Gasteiger partial charge in [0.2, 0.25) is 0 Å². The molecule has 0 bridgehead atoms. The van der Waals surface area contributed by atoms with Gasteiger partial charge in [-0.1, -0.05) is 6.92 Å². The van der Waals surface area contributed by atoms with Gasteiger partial charge in [-0.05, 0) is 39.2 Å². The summed E-state index contributed by atoms with van der Waals surface area (Å²) in [7, 11) is 0. The van der Waals surface area contributed by atoms with E-state index in [0.717, 1.165) is 12.5 Å². The van der Waals surface area contributed by atoms with Crippen molar-refractivity contribution < 1.29 is 0 Å². The lowest BCUT2D eigenvalue weighted by atomic mass is 9.93. The number of nitrogens with zero attached hydrogens (tertiary/aromatic N) is 2. The van der Waals surface area contributed by atoms with Crippen LogP contribution in [0.15, 0.2) is 0 Å². The summed E-state index contributed by atoms with van der Waals surface area (Å²) >= 11 is 0. The molecule has 2 nitrogen and oxygen atoms in total. The molecule has 1 rings (SSSR count). The summed E-state index contributed by atoms with van der Waals surface area (Å²) in [4.78, 5) is 2.45. The molecule has 1 aliphatic rings. The Hall–Kier alpha value is -0.550. The van der Waals surface area contributed by atoms with Crippen LogP contribution in [-0.4, -0.2) is 24.0 Å². The Morgan fingerprint density at radius 3 is 2.77 bits per heavy atom. The normalized spacial score (nSPS) is 32.5. The van der Waals surface area contributed by atoms with E-state index in [1.807, 2.05) is 6.92 Å². The highest BCUT2D eigenvalue weighted by Crippen LogP contribution is 2.22. The lowest BCUT2D eigenvalue weighted by Gasteiger charge is -2.37. The molecule has 0 amide bonds. The van der Waals surface area contributed by atoms with Crippen LogP contribution in [0.2, 0.25) is 0 Å². The van der Waals surface area contributed by atoms with Crippen molar-refractivity contribution in [2.75, 3.05) is 13.1 Å². The molecule has 0 aliphatic carbocycles. The number of nitriles is 1. The summed E-state index contributed by atoms with van der Waals surface area (Å²) in [6.07, 6.45) is 2.58. The van der Waals surface area contributed by atoms with Crippen LogP contribution in [0.3, 0.4) is 0 Å². The summed E-state index contributed by atoms with van der Waals surface area (Å²) < 4.78 is 0. The second-order valence-electron chi connectivity index (χ2n) is 4.50. The first kappa shape index (κ1) is 10.5. The molecule has 0 spiro atoms. The lowest BCUT2D eigenvalue weighted by Crippen LogP contribution is -2.42. The van der Waals surface area contributed by atoms with E-state index in [4.69, 9.17) is 5.26 Å². The molecule has 3 atom stereocenters. The molecule has 74 valence electrons. The molecule has 0 aromatic carbocycles. The zero-order valence-electron chi connectivity index (χ0n) is 8.95. The largest absolute Gasteiger partial charge is 0.299 e. The standard InChI is InChI=1S/C11H20N2/c1-9-4-5-13(11(3)6-9)8-10(2)7-12/h9-11H,4-6,8H2,1-3H3. The van der Waals surface area contributed by atoms with E-state index in [-0.39, 0.29) is 5.92 Å². The fourth-order valence-electron chi connectivity index (χ4n) is 2.12. The highest BCUT2D eigenvalue weighted by atomic mass is 15.2. The SMILES string of the molecule is CC(C#N)CN1CCC(C)CC1C. The fourth-order valence-corrected chi connectivity index (χ4v) is 2.12. The van der Waals surface area contributed by atoms with Gasteiger partial charge in [0, 0.05) is 12.6 Å². The first-order valence-corrected chi connectivity index (χ1v) is 5.27. The second kappa shape index (κ2) is 4.62. The molecule has 0 saturated carbocycles. The summed E-state index contributed by atoms with van der Waals surface area (Å²) in [6, 6.07) is 2.97. The predicted molar refractivity (Wildman–Crippen MR) is 54.2 cm³/mol. The summed E-state index contributed by atoms with van der Waals surface area (Å²) in [5.74, 6) is 1.04. The van der Waals surface area contributed by atoms with Crippen LogP contribution in [0.4, 0.5) is 0 Å². The number of hydrogen-bond acceptors (Lipinski definition) is 2. The van der Waals surface area contributed by atoms with E-state index >= 15 is 0 Å². The van der Waals surface area contributed by atoms with Gasteiger partial charge < -0.3 is 0 Å². The van der Waals surface area contributed by atoms with Crippen molar-refractivity contribution >= 4 is 0 Å². The average Bonchev–Trinajstić information content (AvgIpc) is 2.09. The molecular weight excluding hydrogens is 160 g/mol. The molecule has 1 saturated heterocycles. The quantitative estimate of drug-likeness (QED) is 0.652. The highest BCUT2D eigenvalue weighted by molar-refractivity contribution is 4.85. The Kier molecular flexibility index (Phi) is 3.74. The van der Waals surface area contributed by atoms with Crippen LogP contribution in [0.25, 0.3) is 0 Å². The van der Waals surface area contributed by atoms with Crippen molar-refractivity contribution in [2.24, 2.45) is 11.8 Å². The molecule has 0 N–H and O–H groups in total. The molecule has 0 aromatic rings. The Morgan fingerprint density at radius 2 is 2.23 bits per heavy atom. The molecule has 13 heavy (non-hydrogen) atoms. The highest BCUT2D eigenvalue weighted by Gasteiger charge is 2.23. The van der Waals surface area contributed by atoms with Crippen molar-refractivity contribution in [1.29, 1.82) is 5.26 Å². The minimum Gasteiger partial charge on any atom is -0.299 e. The Morgan fingerprint density at radius 1 is 1.54 bits per heavy atom. The Balaban J connectivity index is 2.39. The van der Waals surface area contributed by atoms with E-state index in [9.17, 15) is 0 Å². The second-order valence-corrected chi connectivity index (χ2v) is 4.50. The van der Waals surface area contributed by atoms with Gasteiger partial charge in [0.1, 0.15) is 0 Å². The Labute approximate surface area is 81.5 Å². The van der Waals surface area contributed by atoms with Crippen molar-refractivity contribution in [3.63, 3.8) is 0 Å². The number of rotatable bonds is 2. The third-order valence-corrected chi connectivity index (χ3v) is 3.00. The third-order valence-electron chi connectivity index (χ3n) is 3.00. The van der Waals surface area contributed by atoms with Crippen molar-refractivity contribution in [3.05, 3.63) is 0 Å². The van der Waals surface area contributed by atoms with Crippen LogP contribution in [0.1, 0.15) is 33.6 Å². The van der Waals surface area contributed by atoms with Crippen LogP contribution >= 0.6 is 0 Å². The molecule has 1 heterocycles. The lowest BCUT2D eigenvalue weighted by molar-refractivity contribution is 0.121. The number of hydrogen-bond donors (Lipinski definition) is 0. The minimum absolute atomic E-state index is 0.177. The monoisotopic (exact) mass is 180 g/mol. The maximum Gasteiger partial charge on any atom is 0.0666 e. The van der Waals surface area contributed by atoms with E-state index in [0.29, 0.717) is 6.04 Å². The van der Waals surface area contributed by atoms with E-state index in [2.05, 4.69) is 24.8 Å². The maximum absolute atomic E-state index is 8.73. The molecule has 1 aliphatic heterocycles. The molecule has 2 heteroatoms. The number of piperidine rings is 1.